The predicted molar refractivity (Wildman–Crippen MR) is 98.2 cm³/mol. The van der Waals surface area contributed by atoms with Crippen molar-refractivity contribution in [1.29, 1.82) is 0 Å². The minimum Gasteiger partial charge on any atom is -0.370 e. The maximum atomic E-state index is 13.6. The van der Waals surface area contributed by atoms with Crippen molar-refractivity contribution in [2.45, 2.75) is 24.2 Å². The minimum absolute atomic E-state index is 0.182. The van der Waals surface area contributed by atoms with Gasteiger partial charge in [0.1, 0.15) is 11.6 Å². The van der Waals surface area contributed by atoms with Crippen molar-refractivity contribution in [1.82, 2.24) is 0 Å². The third-order valence-electron chi connectivity index (χ3n) is 4.11. The highest BCUT2D eigenvalue weighted by Gasteiger charge is 2.16. The molecule has 0 atom stereocenters. The fraction of sp³-hybridized carbons (Fsp3) is 0.316. The first-order valence-electron chi connectivity index (χ1n) is 8.34. The summed E-state index contributed by atoms with van der Waals surface area (Å²) in [5.74, 6) is -0.707. The Hall–Kier alpha value is -2.08. The van der Waals surface area contributed by atoms with E-state index in [0.717, 1.165) is 36.5 Å². The lowest BCUT2D eigenvalue weighted by atomic mass is 10.1. The highest BCUT2D eigenvalue weighted by Crippen LogP contribution is 2.29. The molecule has 3 rings (SSSR count). The second-order valence-corrected chi connectivity index (χ2v) is 7.05. The van der Waals surface area contributed by atoms with Gasteiger partial charge in [0.2, 0.25) is 5.91 Å². The molecule has 1 N–H and O–H groups in total. The van der Waals surface area contributed by atoms with Crippen molar-refractivity contribution >= 4 is 29.0 Å². The molecule has 0 saturated carbocycles. The third kappa shape index (κ3) is 4.95. The molecule has 25 heavy (non-hydrogen) atoms. The number of rotatable bonds is 5. The van der Waals surface area contributed by atoms with Gasteiger partial charge in [0.25, 0.3) is 0 Å². The van der Waals surface area contributed by atoms with Crippen LogP contribution >= 0.6 is 11.8 Å². The Morgan fingerprint density at radius 3 is 2.40 bits per heavy atom. The topological polar surface area (TPSA) is 32.3 Å². The normalized spacial score (nSPS) is 14.4. The summed E-state index contributed by atoms with van der Waals surface area (Å²) >= 11 is 1.32. The zero-order valence-electron chi connectivity index (χ0n) is 13.8. The van der Waals surface area contributed by atoms with Crippen LogP contribution < -0.4 is 10.2 Å². The number of piperidine rings is 1. The first kappa shape index (κ1) is 17.7. The molecular formula is C19H20F2N2OS. The van der Waals surface area contributed by atoms with Gasteiger partial charge in [-0.15, -0.1) is 11.8 Å². The van der Waals surface area contributed by atoms with Crippen LogP contribution in [-0.2, 0) is 4.79 Å². The van der Waals surface area contributed by atoms with Gasteiger partial charge in [-0.25, -0.2) is 8.78 Å². The standard InChI is InChI=1S/C19H20F2N2OS/c20-14-4-7-16(8-5-14)25-13-19(24)22-17-12-15(21)6-9-18(17)23-10-2-1-3-11-23/h4-9,12H,1-3,10-11,13H2,(H,22,24). The van der Waals surface area contributed by atoms with Gasteiger partial charge in [0, 0.05) is 18.0 Å². The molecule has 0 spiro atoms. The average Bonchev–Trinajstić information content (AvgIpc) is 2.62. The molecule has 0 bridgehead atoms. The van der Waals surface area contributed by atoms with Crippen LogP contribution in [0.5, 0.6) is 0 Å². The highest BCUT2D eigenvalue weighted by molar-refractivity contribution is 8.00. The van der Waals surface area contributed by atoms with Crippen molar-refractivity contribution in [2.75, 3.05) is 29.1 Å². The van der Waals surface area contributed by atoms with Crippen molar-refractivity contribution in [3.8, 4) is 0 Å². The Labute approximate surface area is 150 Å². The number of halogens is 2. The maximum Gasteiger partial charge on any atom is 0.234 e. The van der Waals surface area contributed by atoms with Crippen LogP contribution in [0.15, 0.2) is 47.4 Å². The molecule has 1 aliphatic heterocycles. The van der Waals surface area contributed by atoms with Crippen LogP contribution in [0.1, 0.15) is 19.3 Å². The molecule has 0 radical (unpaired) electrons. The van der Waals surface area contributed by atoms with Gasteiger partial charge in [-0.05, 0) is 61.7 Å². The van der Waals surface area contributed by atoms with Gasteiger partial charge in [-0.2, -0.15) is 0 Å². The number of benzene rings is 2. The molecule has 2 aromatic rings. The molecule has 2 aromatic carbocycles. The van der Waals surface area contributed by atoms with Gasteiger partial charge in [-0.1, -0.05) is 0 Å². The zero-order valence-corrected chi connectivity index (χ0v) is 14.6. The number of nitrogens with zero attached hydrogens (tertiary/aromatic N) is 1. The molecule has 0 aliphatic carbocycles. The molecule has 1 saturated heterocycles. The summed E-state index contributed by atoms with van der Waals surface area (Å²) in [7, 11) is 0. The van der Waals surface area contributed by atoms with Gasteiger partial charge in [0.05, 0.1) is 17.1 Å². The lowest BCUT2D eigenvalue weighted by molar-refractivity contribution is -0.113. The quantitative estimate of drug-likeness (QED) is 0.784. The molecule has 0 aromatic heterocycles. The van der Waals surface area contributed by atoms with Gasteiger partial charge >= 0.3 is 0 Å². The number of carbonyl (C=O) groups excluding carboxylic acids is 1. The lowest BCUT2D eigenvalue weighted by Gasteiger charge is -2.30. The summed E-state index contributed by atoms with van der Waals surface area (Å²) in [5.41, 5.74) is 1.37. The number of thioether (sulfide) groups is 1. The van der Waals surface area contributed by atoms with Crippen LogP contribution in [0.3, 0.4) is 0 Å². The molecule has 1 fully saturated rings. The summed E-state index contributed by atoms with van der Waals surface area (Å²) in [6.07, 6.45) is 3.41. The molecule has 0 unspecified atom stereocenters. The second kappa shape index (κ2) is 8.34. The Bertz CT molecular complexity index is 731. The lowest BCUT2D eigenvalue weighted by Crippen LogP contribution is -2.30. The fourth-order valence-electron chi connectivity index (χ4n) is 2.88. The first-order chi connectivity index (χ1) is 12.1. The van der Waals surface area contributed by atoms with E-state index < -0.39 is 0 Å². The predicted octanol–water partition coefficient (Wildman–Crippen LogP) is 4.69. The van der Waals surface area contributed by atoms with Crippen molar-refractivity contribution in [3.05, 3.63) is 54.1 Å². The van der Waals surface area contributed by atoms with Crippen LogP contribution in [0.2, 0.25) is 0 Å². The van der Waals surface area contributed by atoms with E-state index >= 15 is 0 Å². The fourth-order valence-corrected chi connectivity index (χ4v) is 3.58. The van der Waals surface area contributed by atoms with Crippen molar-refractivity contribution in [3.63, 3.8) is 0 Å². The second-order valence-electron chi connectivity index (χ2n) is 6.00. The number of nitrogens with one attached hydrogen (secondary N) is 1. The number of anilines is 2. The van der Waals surface area contributed by atoms with E-state index in [-0.39, 0.29) is 23.3 Å². The summed E-state index contributed by atoms with van der Waals surface area (Å²) in [5, 5.41) is 2.81. The SMILES string of the molecule is O=C(CSc1ccc(F)cc1)Nc1cc(F)ccc1N1CCCCC1. The molecule has 1 aliphatic rings. The van der Waals surface area contributed by atoms with E-state index in [4.69, 9.17) is 0 Å². The van der Waals surface area contributed by atoms with Crippen molar-refractivity contribution in [2.24, 2.45) is 0 Å². The van der Waals surface area contributed by atoms with Gasteiger partial charge in [0.15, 0.2) is 0 Å². The number of amides is 1. The Balaban J connectivity index is 1.65. The Kier molecular flexibility index (Phi) is 5.91. The number of hydrogen-bond donors (Lipinski definition) is 1. The maximum absolute atomic E-state index is 13.6. The summed E-state index contributed by atoms with van der Waals surface area (Å²) in [4.78, 5) is 15.3. The van der Waals surface area contributed by atoms with E-state index in [2.05, 4.69) is 10.2 Å². The summed E-state index contributed by atoms with van der Waals surface area (Å²) < 4.78 is 26.5. The average molecular weight is 362 g/mol. The van der Waals surface area contributed by atoms with Crippen LogP contribution in [0, 0.1) is 11.6 Å². The molecule has 3 nitrogen and oxygen atoms in total. The van der Waals surface area contributed by atoms with E-state index in [0.29, 0.717) is 5.69 Å². The molecule has 132 valence electrons. The van der Waals surface area contributed by atoms with E-state index in [1.54, 1.807) is 18.2 Å². The monoisotopic (exact) mass is 362 g/mol. The molecular weight excluding hydrogens is 342 g/mol. The molecule has 1 amide bonds. The minimum atomic E-state index is -0.373. The zero-order chi connectivity index (χ0) is 17.6. The Morgan fingerprint density at radius 2 is 1.68 bits per heavy atom. The first-order valence-corrected chi connectivity index (χ1v) is 9.33. The van der Waals surface area contributed by atoms with Crippen molar-refractivity contribution < 1.29 is 13.6 Å². The largest absolute Gasteiger partial charge is 0.370 e. The summed E-state index contributed by atoms with van der Waals surface area (Å²) in [6.45, 7) is 1.83. The smallest absolute Gasteiger partial charge is 0.234 e. The van der Waals surface area contributed by atoms with Gasteiger partial charge < -0.3 is 10.2 Å². The third-order valence-corrected chi connectivity index (χ3v) is 5.13. The molecule has 1 heterocycles. The highest BCUT2D eigenvalue weighted by atomic mass is 32.2. The van der Waals surface area contributed by atoms with Crippen LogP contribution in [0.4, 0.5) is 20.2 Å². The van der Waals surface area contributed by atoms with E-state index in [1.807, 2.05) is 0 Å². The van der Waals surface area contributed by atoms with Gasteiger partial charge in [-0.3, -0.25) is 4.79 Å². The Morgan fingerprint density at radius 1 is 1.00 bits per heavy atom. The summed E-state index contributed by atoms with van der Waals surface area (Å²) in [6, 6.07) is 10.5. The molecule has 6 heteroatoms. The van der Waals surface area contributed by atoms with Crippen LogP contribution in [-0.4, -0.2) is 24.7 Å². The number of hydrogen-bond acceptors (Lipinski definition) is 3. The van der Waals surface area contributed by atoms with E-state index in [1.165, 1.54) is 42.4 Å². The number of carbonyl (C=O) groups is 1. The van der Waals surface area contributed by atoms with Crippen LogP contribution in [0.25, 0.3) is 0 Å². The van der Waals surface area contributed by atoms with E-state index in [9.17, 15) is 13.6 Å².